The second-order valence-electron chi connectivity index (χ2n) is 4.58. The molecule has 7 heteroatoms. The molecule has 17 heavy (non-hydrogen) atoms. The predicted octanol–water partition coefficient (Wildman–Crippen LogP) is 0.0404. The van der Waals surface area contributed by atoms with Gasteiger partial charge in [0.05, 0.1) is 4.92 Å². The van der Waals surface area contributed by atoms with Crippen LogP contribution in [-0.2, 0) is 0 Å². The molecule has 2 atom stereocenters. The zero-order valence-corrected chi connectivity index (χ0v) is 9.24. The van der Waals surface area contributed by atoms with Gasteiger partial charge in [-0.2, -0.15) is 0 Å². The van der Waals surface area contributed by atoms with E-state index in [-0.39, 0.29) is 5.69 Å². The number of rotatable bonds is 2. The summed E-state index contributed by atoms with van der Waals surface area (Å²) in [5.74, 6) is 1.92. The van der Waals surface area contributed by atoms with Crippen molar-refractivity contribution in [2.24, 2.45) is 11.8 Å². The summed E-state index contributed by atoms with van der Waals surface area (Å²) in [5, 5.41) is 13.9. The molecule has 1 aromatic heterocycles. The summed E-state index contributed by atoms with van der Waals surface area (Å²) in [6, 6.07) is 0. The standard InChI is InChI=1S/C10H13N5O2/c16-15(17)9-3-12-10(13-4-9)14-5-7-1-11-2-8(7)6-14/h3-4,7-8,11H,1-2,5-6H2/t7-,8+. The van der Waals surface area contributed by atoms with Gasteiger partial charge in [0.25, 0.3) is 0 Å². The molecule has 2 saturated heterocycles. The Labute approximate surface area is 98.0 Å². The highest BCUT2D eigenvalue weighted by atomic mass is 16.6. The number of anilines is 1. The largest absolute Gasteiger partial charge is 0.340 e. The van der Waals surface area contributed by atoms with Crippen molar-refractivity contribution < 1.29 is 4.92 Å². The minimum absolute atomic E-state index is 0.0604. The highest BCUT2D eigenvalue weighted by Gasteiger charge is 2.37. The smallest absolute Gasteiger partial charge is 0.305 e. The molecule has 0 spiro atoms. The van der Waals surface area contributed by atoms with Gasteiger partial charge in [-0.25, -0.2) is 9.97 Å². The Kier molecular flexibility index (Phi) is 2.40. The Morgan fingerprint density at radius 3 is 2.41 bits per heavy atom. The van der Waals surface area contributed by atoms with Gasteiger partial charge in [-0.3, -0.25) is 10.1 Å². The van der Waals surface area contributed by atoms with Gasteiger partial charge in [-0.1, -0.05) is 0 Å². The Morgan fingerprint density at radius 2 is 1.88 bits per heavy atom. The van der Waals surface area contributed by atoms with E-state index in [4.69, 9.17) is 0 Å². The minimum atomic E-state index is -0.480. The van der Waals surface area contributed by atoms with E-state index in [2.05, 4.69) is 20.2 Å². The fraction of sp³-hybridized carbons (Fsp3) is 0.600. The maximum Gasteiger partial charge on any atom is 0.305 e. The number of fused-ring (bicyclic) bond motifs is 1. The highest BCUT2D eigenvalue weighted by Crippen LogP contribution is 2.28. The Hall–Kier alpha value is -1.76. The number of nitrogens with zero attached hydrogens (tertiary/aromatic N) is 4. The van der Waals surface area contributed by atoms with Gasteiger partial charge in [0.1, 0.15) is 12.4 Å². The van der Waals surface area contributed by atoms with Crippen molar-refractivity contribution >= 4 is 11.6 Å². The normalized spacial score (nSPS) is 27.2. The fourth-order valence-electron chi connectivity index (χ4n) is 2.59. The first-order valence-electron chi connectivity index (χ1n) is 5.66. The lowest BCUT2D eigenvalue weighted by molar-refractivity contribution is -0.385. The van der Waals surface area contributed by atoms with Gasteiger partial charge in [-0.05, 0) is 11.8 Å². The van der Waals surface area contributed by atoms with E-state index in [1.807, 2.05) is 0 Å². The first-order chi connectivity index (χ1) is 8.24. The van der Waals surface area contributed by atoms with Crippen LogP contribution in [0.5, 0.6) is 0 Å². The summed E-state index contributed by atoms with van der Waals surface area (Å²) in [6.45, 7) is 3.98. The summed E-state index contributed by atoms with van der Waals surface area (Å²) < 4.78 is 0. The first kappa shape index (κ1) is 10.4. The molecule has 2 aliphatic rings. The molecule has 7 nitrogen and oxygen atoms in total. The van der Waals surface area contributed by atoms with Crippen molar-refractivity contribution in [3.63, 3.8) is 0 Å². The molecular weight excluding hydrogens is 222 g/mol. The van der Waals surface area contributed by atoms with E-state index in [0.29, 0.717) is 17.8 Å². The quantitative estimate of drug-likeness (QED) is 0.575. The van der Waals surface area contributed by atoms with E-state index in [1.54, 1.807) is 0 Å². The molecule has 0 aromatic carbocycles. The maximum atomic E-state index is 10.5. The third-order valence-corrected chi connectivity index (χ3v) is 3.51. The fourth-order valence-corrected chi connectivity index (χ4v) is 2.59. The van der Waals surface area contributed by atoms with Crippen LogP contribution < -0.4 is 10.2 Å². The molecule has 0 radical (unpaired) electrons. The summed E-state index contributed by atoms with van der Waals surface area (Å²) >= 11 is 0. The molecule has 3 heterocycles. The highest BCUT2D eigenvalue weighted by molar-refractivity contribution is 5.36. The summed E-state index contributed by atoms with van der Waals surface area (Å²) in [4.78, 5) is 20.3. The molecule has 0 bridgehead atoms. The monoisotopic (exact) mass is 235 g/mol. The van der Waals surface area contributed by atoms with E-state index in [9.17, 15) is 10.1 Å². The van der Waals surface area contributed by atoms with E-state index in [1.165, 1.54) is 12.4 Å². The zero-order valence-electron chi connectivity index (χ0n) is 9.24. The summed E-state index contributed by atoms with van der Waals surface area (Å²) in [5.41, 5.74) is -0.0604. The lowest BCUT2D eigenvalue weighted by Crippen LogP contribution is -2.26. The molecule has 2 aliphatic heterocycles. The van der Waals surface area contributed by atoms with Crippen LogP contribution in [0.25, 0.3) is 0 Å². The summed E-state index contributed by atoms with van der Waals surface area (Å²) in [7, 11) is 0. The number of hydrogen-bond donors (Lipinski definition) is 1. The van der Waals surface area contributed by atoms with Crippen LogP contribution in [-0.4, -0.2) is 41.1 Å². The van der Waals surface area contributed by atoms with Crippen LogP contribution in [0.4, 0.5) is 11.6 Å². The van der Waals surface area contributed by atoms with Crippen LogP contribution in [0.2, 0.25) is 0 Å². The second kappa shape index (κ2) is 3.92. The Bertz CT molecular complexity index is 423. The van der Waals surface area contributed by atoms with E-state index < -0.39 is 4.92 Å². The van der Waals surface area contributed by atoms with Crippen molar-refractivity contribution in [1.29, 1.82) is 0 Å². The van der Waals surface area contributed by atoms with Crippen LogP contribution in [0.15, 0.2) is 12.4 Å². The third kappa shape index (κ3) is 1.82. The SMILES string of the molecule is O=[N+]([O-])c1cnc(N2C[C@H]3CNC[C@H]3C2)nc1. The number of nitrogens with one attached hydrogen (secondary N) is 1. The average molecular weight is 235 g/mol. The molecule has 1 aromatic rings. The molecule has 0 saturated carbocycles. The lowest BCUT2D eigenvalue weighted by Gasteiger charge is -2.16. The van der Waals surface area contributed by atoms with Gasteiger partial charge in [-0.15, -0.1) is 0 Å². The molecule has 1 N–H and O–H groups in total. The van der Waals surface area contributed by atoms with Crippen molar-refractivity contribution in [1.82, 2.24) is 15.3 Å². The molecular formula is C10H13N5O2. The van der Waals surface area contributed by atoms with Crippen LogP contribution in [0.1, 0.15) is 0 Å². The molecule has 90 valence electrons. The average Bonchev–Trinajstić information content (AvgIpc) is 2.89. The Morgan fingerprint density at radius 1 is 1.29 bits per heavy atom. The second-order valence-corrected chi connectivity index (χ2v) is 4.58. The van der Waals surface area contributed by atoms with Crippen LogP contribution in [0, 0.1) is 22.0 Å². The topological polar surface area (TPSA) is 84.2 Å². The van der Waals surface area contributed by atoms with Crippen LogP contribution >= 0.6 is 0 Å². The van der Waals surface area contributed by atoms with Crippen LogP contribution in [0.3, 0.4) is 0 Å². The number of nitro groups is 1. The molecule has 0 unspecified atom stereocenters. The molecule has 3 rings (SSSR count). The summed E-state index contributed by atoms with van der Waals surface area (Å²) in [6.07, 6.45) is 2.55. The van der Waals surface area contributed by atoms with Crippen molar-refractivity contribution in [2.45, 2.75) is 0 Å². The van der Waals surface area contributed by atoms with Gasteiger partial charge in [0.2, 0.25) is 5.95 Å². The number of aromatic nitrogens is 2. The Balaban J connectivity index is 1.75. The van der Waals surface area contributed by atoms with E-state index in [0.717, 1.165) is 26.2 Å². The zero-order chi connectivity index (χ0) is 11.8. The molecule has 2 fully saturated rings. The van der Waals surface area contributed by atoms with Crippen molar-refractivity contribution in [3.8, 4) is 0 Å². The van der Waals surface area contributed by atoms with Gasteiger partial charge >= 0.3 is 5.69 Å². The van der Waals surface area contributed by atoms with Gasteiger partial charge < -0.3 is 10.2 Å². The minimum Gasteiger partial charge on any atom is -0.340 e. The third-order valence-electron chi connectivity index (χ3n) is 3.51. The number of hydrogen-bond acceptors (Lipinski definition) is 6. The molecule has 0 aliphatic carbocycles. The molecule has 0 amide bonds. The first-order valence-corrected chi connectivity index (χ1v) is 5.66. The predicted molar refractivity (Wildman–Crippen MR) is 60.7 cm³/mol. The maximum absolute atomic E-state index is 10.5. The van der Waals surface area contributed by atoms with Gasteiger partial charge in [0.15, 0.2) is 0 Å². The van der Waals surface area contributed by atoms with Gasteiger partial charge in [0, 0.05) is 26.2 Å². The van der Waals surface area contributed by atoms with Crippen molar-refractivity contribution in [3.05, 3.63) is 22.5 Å². The van der Waals surface area contributed by atoms with E-state index >= 15 is 0 Å². The lowest BCUT2D eigenvalue weighted by atomic mass is 10.0. The van der Waals surface area contributed by atoms with Crippen molar-refractivity contribution in [2.75, 3.05) is 31.1 Å².